The second-order valence-electron chi connectivity index (χ2n) is 9.44. The Labute approximate surface area is 136 Å². The van der Waals surface area contributed by atoms with Gasteiger partial charge in [-0.15, -0.1) is 0 Å². The lowest BCUT2D eigenvalue weighted by Crippen LogP contribution is -2.51. The molecular weight excluding hydrogens is 270 g/mol. The Kier molecular flexibility index (Phi) is 3.04. The van der Waals surface area contributed by atoms with E-state index in [2.05, 4.69) is 78.6 Å². The lowest BCUT2D eigenvalue weighted by Gasteiger charge is -2.37. The van der Waals surface area contributed by atoms with Gasteiger partial charge >= 0.3 is 5.82 Å². The number of piperidine rings is 1. The molecule has 0 saturated carbocycles. The molecule has 3 heteroatoms. The first-order valence-corrected chi connectivity index (χ1v) is 8.81. The van der Waals surface area contributed by atoms with E-state index in [0.717, 1.165) is 6.04 Å². The van der Waals surface area contributed by atoms with Crippen LogP contribution < -0.4 is 4.57 Å². The molecule has 22 heavy (non-hydrogen) atoms. The van der Waals surface area contributed by atoms with Crippen molar-refractivity contribution in [3.05, 3.63) is 17.2 Å². The molecule has 2 fully saturated rings. The summed E-state index contributed by atoms with van der Waals surface area (Å²) in [5.41, 5.74) is 3.58. The van der Waals surface area contributed by atoms with Crippen LogP contribution in [0.1, 0.15) is 71.2 Å². The molecule has 3 rings (SSSR count). The van der Waals surface area contributed by atoms with Gasteiger partial charge in [0.15, 0.2) is 6.04 Å². The van der Waals surface area contributed by atoms with E-state index in [9.17, 15) is 0 Å². The van der Waals surface area contributed by atoms with Crippen molar-refractivity contribution < 1.29 is 9.05 Å². The molecule has 3 atom stereocenters. The van der Waals surface area contributed by atoms with Crippen molar-refractivity contribution in [2.75, 3.05) is 0 Å². The zero-order valence-electron chi connectivity index (χ0n) is 16.3. The van der Waals surface area contributed by atoms with Gasteiger partial charge in [0.2, 0.25) is 6.04 Å². The minimum absolute atomic E-state index is 0.353. The summed E-state index contributed by atoms with van der Waals surface area (Å²) in [6.07, 6.45) is 1.32. The van der Waals surface area contributed by atoms with Crippen LogP contribution in [-0.2, 0) is 14.1 Å². The number of hydrogen-bond acceptors (Lipinski definition) is 0. The highest BCUT2D eigenvalue weighted by atomic mass is 15.6. The van der Waals surface area contributed by atoms with Crippen molar-refractivity contribution in [2.24, 2.45) is 19.5 Å². The molecular formula is C19H35N3+2. The van der Waals surface area contributed by atoms with E-state index in [0.29, 0.717) is 23.0 Å². The van der Waals surface area contributed by atoms with E-state index in [1.54, 1.807) is 0 Å². The van der Waals surface area contributed by atoms with E-state index in [1.807, 2.05) is 0 Å². The number of fused-ring (bicyclic) bond motifs is 1. The summed E-state index contributed by atoms with van der Waals surface area (Å²) in [5, 5.41) is 0. The molecule has 1 aromatic heterocycles. The van der Waals surface area contributed by atoms with Crippen molar-refractivity contribution in [1.29, 1.82) is 0 Å². The average Bonchev–Trinajstić information content (AvgIpc) is 2.98. The number of hydrogen-bond donors (Lipinski definition) is 0. The summed E-state index contributed by atoms with van der Waals surface area (Å²) in [6, 6.07) is 2.06. The van der Waals surface area contributed by atoms with Crippen LogP contribution in [0, 0.1) is 19.3 Å². The summed E-state index contributed by atoms with van der Waals surface area (Å²) in [5.74, 6) is 1.52. The molecule has 2 aliphatic heterocycles. The van der Waals surface area contributed by atoms with Gasteiger partial charge < -0.3 is 0 Å². The molecule has 0 bridgehead atoms. The summed E-state index contributed by atoms with van der Waals surface area (Å²) in [6.45, 7) is 19.3. The highest BCUT2D eigenvalue weighted by Gasteiger charge is 2.86. The number of imidazole rings is 1. The van der Waals surface area contributed by atoms with Crippen LogP contribution in [0.4, 0.5) is 0 Å². The van der Waals surface area contributed by atoms with E-state index in [1.165, 1.54) is 28.1 Å². The van der Waals surface area contributed by atoms with Gasteiger partial charge in [-0.05, 0) is 27.7 Å². The highest BCUT2D eigenvalue weighted by Crippen LogP contribution is 2.72. The standard InChI is InChI=1S/C19H35N3/c1-12(2)22-15(16(22)18(5,6)11-19(22,7)8)17-20(9)13(3)14(4)21(17)10/h12,15-16H,11H2,1-10H3/q+2/t15-,16-,22-/m0/s1. The van der Waals surface area contributed by atoms with Gasteiger partial charge in [-0.25, -0.2) is 9.13 Å². The molecule has 0 N–H and O–H groups in total. The van der Waals surface area contributed by atoms with Crippen LogP contribution in [0.5, 0.6) is 0 Å². The van der Waals surface area contributed by atoms with Gasteiger partial charge in [-0.3, -0.25) is 4.48 Å². The van der Waals surface area contributed by atoms with Crippen LogP contribution in [-0.4, -0.2) is 26.7 Å². The van der Waals surface area contributed by atoms with Gasteiger partial charge in [0.05, 0.1) is 25.7 Å². The Hall–Kier alpha value is -0.830. The minimum Gasteiger partial charge on any atom is -0.291 e. The van der Waals surface area contributed by atoms with Gasteiger partial charge in [0.25, 0.3) is 0 Å². The van der Waals surface area contributed by atoms with Crippen molar-refractivity contribution >= 4 is 0 Å². The smallest absolute Gasteiger partial charge is 0.291 e. The molecule has 3 heterocycles. The third kappa shape index (κ3) is 1.54. The second kappa shape index (κ2) is 4.17. The molecule has 124 valence electrons. The van der Waals surface area contributed by atoms with E-state index < -0.39 is 0 Å². The van der Waals surface area contributed by atoms with Crippen LogP contribution in [0.15, 0.2) is 0 Å². The molecule has 0 aromatic carbocycles. The van der Waals surface area contributed by atoms with Gasteiger partial charge in [-0.1, -0.05) is 13.8 Å². The van der Waals surface area contributed by atoms with Crippen LogP contribution in [0.25, 0.3) is 0 Å². The molecule has 2 saturated heterocycles. The first-order chi connectivity index (χ1) is 9.91. The van der Waals surface area contributed by atoms with Crippen LogP contribution >= 0.6 is 0 Å². The summed E-state index contributed by atoms with van der Waals surface area (Å²) in [7, 11) is 4.51. The maximum Gasteiger partial charge on any atom is 0.322 e. The highest BCUT2D eigenvalue weighted by molar-refractivity contribution is 5.19. The quantitative estimate of drug-likeness (QED) is 0.450. The zero-order chi connectivity index (χ0) is 16.8. The minimum atomic E-state index is 0.353. The van der Waals surface area contributed by atoms with Gasteiger partial charge in [0, 0.05) is 25.7 Å². The molecule has 0 aliphatic carbocycles. The van der Waals surface area contributed by atoms with Gasteiger partial charge in [-0.2, -0.15) is 0 Å². The molecule has 0 radical (unpaired) electrons. The number of nitrogens with zero attached hydrogens (tertiary/aromatic N) is 3. The molecule has 0 unspecified atom stereocenters. The molecule has 2 aliphatic rings. The fourth-order valence-electron chi connectivity index (χ4n) is 6.60. The average molecular weight is 306 g/mol. The second-order valence-corrected chi connectivity index (χ2v) is 9.44. The van der Waals surface area contributed by atoms with Crippen LogP contribution in [0.3, 0.4) is 0 Å². The lowest BCUT2D eigenvalue weighted by atomic mass is 9.78. The zero-order valence-corrected chi connectivity index (χ0v) is 16.3. The number of quaternary nitrogens is 1. The van der Waals surface area contributed by atoms with Crippen molar-refractivity contribution in [3.63, 3.8) is 0 Å². The Morgan fingerprint density at radius 3 is 2.09 bits per heavy atom. The van der Waals surface area contributed by atoms with E-state index in [4.69, 9.17) is 0 Å². The Morgan fingerprint density at radius 2 is 1.73 bits per heavy atom. The van der Waals surface area contributed by atoms with E-state index in [-0.39, 0.29) is 0 Å². The Bertz CT molecular complexity index is 610. The summed E-state index contributed by atoms with van der Waals surface area (Å²) >= 11 is 0. The SMILES string of the molecule is Cc1c(C)[n+](C)c([C@@H]2[C@H]3C(C)(C)CC(C)(C)[N@@+]23C(C)C)n1C. The van der Waals surface area contributed by atoms with E-state index >= 15 is 0 Å². The molecule has 0 amide bonds. The topological polar surface area (TPSA) is 8.81 Å². The molecule has 3 nitrogen and oxygen atoms in total. The van der Waals surface area contributed by atoms with Gasteiger partial charge in [0.1, 0.15) is 11.4 Å². The first-order valence-electron chi connectivity index (χ1n) is 8.81. The van der Waals surface area contributed by atoms with Crippen LogP contribution in [0.2, 0.25) is 0 Å². The van der Waals surface area contributed by atoms with Crippen molar-refractivity contribution in [3.8, 4) is 0 Å². The monoisotopic (exact) mass is 305 g/mol. The lowest BCUT2D eigenvalue weighted by molar-refractivity contribution is -0.897. The van der Waals surface area contributed by atoms with Crippen molar-refractivity contribution in [1.82, 2.24) is 4.57 Å². The normalized spacial score (nSPS) is 35.0. The third-order valence-electron chi connectivity index (χ3n) is 7.20. The third-order valence-corrected chi connectivity index (χ3v) is 7.20. The Balaban J connectivity index is 2.21. The Morgan fingerprint density at radius 1 is 1.18 bits per heavy atom. The fraction of sp³-hybridized carbons (Fsp3) is 0.842. The maximum atomic E-state index is 2.50. The fourth-order valence-corrected chi connectivity index (χ4v) is 6.60. The maximum absolute atomic E-state index is 2.50. The number of aromatic nitrogens is 2. The number of rotatable bonds is 2. The largest absolute Gasteiger partial charge is 0.322 e. The molecule has 0 spiro atoms. The predicted octanol–water partition coefficient (Wildman–Crippen LogP) is 3.32. The molecule has 1 aromatic rings. The summed E-state index contributed by atoms with van der Waals surface area (Å²) in [4.78, 5) is 0. The van der Waals surface area contributed by atoms with Crippen molar-refractivity contribution in [2.45, 2.75) is 85.5 Å². The first kappa shape index (κ1) is 16.0. The predicted molar refractivity (Wildman–Crippen MR) is 90.5 cm³/mol. The summed E-state index contributed by atoms with van der Waals surface area (Å²) < 4.78 is 6.17.